The van der Waals surface area contributed by atoms with Crippen molar-refractivity contribution >= 4 is 48.0 Å². The molecular weight excluding hydrogens is 344 g/mol. The Bertz CT molecular complexity index is 487. The van der Waals surface area contributed by atoms with E-state index in [0.717, 1.165) is 6.07 Å². The Morgan fingerprint density at radius 3 is 2.43 bits per heavy atom. The number of nitrogens with zero attached hydrogens (tertiary/aromatic N) is 1. The Balaban J connectivity index is 3.42. The van der Waals surface area contributed by atoms with Gasteiger partial charge in [-0.15, -0.1) is 0 Å². The van der Waals surface area contributed by atoms with Crippen molar-refractivity contribution in [1.29, 1.82) is 0 Å². The largest absolute Gasteiger partial charge is 0.283 e. The molecule has 14 heavy (non-hydrogen) atoms. The first-order chi connectivity index (χ1) is 6.32. The third-order valence-corrected chi connectivity index (χ3v) is 3.66. The number of hydrogen-bond acceptors (Lipinski definition) is 4. The molecule has 0 radical (unpaired) electrons. The lowest BCUT2D eigenvalue weighted by Crippen LogP contribution is -1.96. The van der Waals surface area contributed by atoms with Crippen LogP contribution in [0, 0.1) is 13.7 Å². The monoisotopic (exact) mass is 347 g/mol. The Kier molecular flexibility index (Phi) is 3.32. The number of nitro groups is 1. The number of hydrogen-bond donors (Lipinski definition) is 0. The van der Waals surface area contributed by atoms with E-state index >= 15 is 0 Å². The third-order valence-electron chi connectivity index (χ3n) is 1.40. The van der Waals surface area contributed by atoms with Crippen LogP contribution in [0.15, 0.2) is 23.1 Å². The predicted octanol–water partition coefficient (Wildman–Crippen LogP) is 2.13. The smallest absolute Gasteiger partial charge is 0.258 e. The lowest BCUT2D eigenvalue weighted by molar-refractivity contribution is -0.386. The van der Waals surface area contributed by atoms with Crippen molar-refractivity contribution < 1.29 is 13.3 Å². The molecule has 0 bridgehead atoms. The third kappa shape index (κ3) is 2.55. The molecule has 1 aromatic rings. The molecule has 1 rings (SSSR count). The van der Waals surface area contributed by atoms with Crippen molar-refractivity contribution in [2.75, 3.05) is 0 Å². The van der Waals surface area contributed by atoms with E-state index in [-0.39, 0.29) is 10.6 Å². The van der Waals surface area contributed by atoms with E-state index in [1.165, 1.54) is 12.1 Å². The summed E-state index contributed by atoms with van der Waals surface area (Å²) in [7, 11) is 1.12. The molecule has 1 aromatic carbocycles. The maximum atomic E-state index is 10.9. The zero-order valence-corrected chi connectivity index (χ0v) is 10.2. The standard InChI is InChI=1S/C6H3ClINO4S/c7-14(12,13)4-1-2-5(8)6(3-4)9(10)11/h1-3H. The van der Waals surface area contributed by atoms with E-state index in [1.54, 1.807) is 22.6 Å². The van der Waals surface area contributed by atoms with Gasteiger partial charge in [-0.25, -0.2) is 8.42 Å². The van der Waals surface area contributed by atoms with Gasteiger partial charge in [-0.3, -0.25) is 10.1 Å². The van der Waals surface area contributed by atoms with Crippen LogP contribution < -0.4 is 0 Å². The normalized spacial score (nSPS) is 11.3. The molecule has 0 aliphatic carbocycles. The molecule has 0 saturated carbocycles. The van der Waals surface area contributed by atoms with Crippen LogP contribution in [0.1, 0.15) is 0 Å². The predicted molar refractivity (Wildman–Crippen MR) is 58.9 cm³/mol. The highest BCUT2D eigenvalue weighted by Gasteiger charge is 2.18. The average molecular weight is 348 g/mol. The summed E-state index contributed by atoms with van der Waals surface area (Å²) in [5.74, 6) is 0. The molecule has 0 aliphatic heterocycles. The van der Waals surface area contributed by atoms with Gasteiger partial charge in [-0.1, -0.05) is 0 Å². The minimum Gasteiger partial charge on any atom is -0.258 e. The number of rotatable bonds is 2. The summed E-state index contributed by atoms with van der Waals surface area (Å²) in [6, 6.07) is 3.48. The molecule has 0 saturated heterocycles. The van der Waals surface area contributed by atoms with Gasteiger partial charge in [-0.05, 0) is 34.7 Å². The van der Waals surface area contributed by atoms with E-state index in [4.69, 9.17) is 10.7 Å². The van der Waals surface area contributed by atoms with E-state index < -0.39 is 14.0 Å². The zero-order valence-electron chi connectivity index (χ0n) is 6.48. The summed E-state index contributed by atoms with van der Waals surface area (Å²) in [6.45, 7) is 0. The van der Waals surface area contributed by atoms with Crippen LogP contribution in [-0.2, 0) is 9.05 Å². The van der Waals surface area contributed by atoms with Gasteiger partial charge in [0.15, 0.2) is 0 Å². The van der Waals surface area contributed by atoms with Crippen LogP contribution in [-0.4, -0.2) is 13.3 Å². The SMILES string of the molecule is O=[N+]([O-])c1cc(S(=O)(=O)Cl)ccc1I. The van der Waals surface area contributed by atoms with E-state index in [1.807, 2.05) is 0 Å². The van der Waals surface area contributed by atoms with Crippen LogP contribution >= 0.6 is 33.3 Å². The summed E-state index contributed by atoms with van der Waals surface area (Å²) >= 11 is 1.74. The van der Waals surface area contributed by atoms with Crippen molar-refractivity contribution in [2.24, 2.45) is 0 Å². The second kappa shape index (κ2) is 3.99. The molecule has 0 aromatic heterocycles. The highest BCUT2D eigenvalue weighted by atomic mass is 127. The topological polar surface area (TPSA) is 77.3 Å². The first-order valence-corrected chi connectivity index (χ1v) is 6.60. The van der Waals surface area contributed by atoms with E-state index in [2.05, 4.69) is 0 Å². The first kappa shape index (κ1) is 11.7. The highest BCUT2D eigenvalue weighted by molar-refractivity contribution is 14.1. The summed E-state index contributed by atoms with van der Waals surface area (Å²) in [5, 5.41) is 10.5. The Morgan fingerprint density at radius 2 is 2.00 bits per heavy atom. The minimum atomic E-state index is -3.91. The lowest BCUT2D eigenvalue weighted by atomic mass is 10.3. The second-order valence-corrected chi connectivity index (χ2v) is 6.04. The Morgan fingerprint density at radius 1 is 1.43 bits per heavy atom. The zero-order chi connectivity index (χ0) is 10.9. The summed E-state index contributed by atoms with van der Waals surface area (Å²) < 4.78 is 22.1. The van der Waals surface area contributed by atoms with Crippen LogP contribution in [0.2, 0.25) is 0 Å². The number of benzene rings is 1. The van der Waals surface area contributed by atoms with Gasteiger partial charge < -0.3 is 0 Å². The molecule has 0 N–H and O–H groups in total. The minimum absolute atomic E-state index is 0.271. The van der Waals surface area contributed by atoms with Gasteiger partial charge in [0.1, 0.15) is 0 Å². The van der Waals surface area contributed by atoms with Crippen molar-refractivity contribution in [3.05, 3.63) is 31.9 Å². The fraction of sp³-hybridized carbons (Fsp3) is 0. The summed E-state index contributed by atoms with van der Waals surface area (Å²) in [5.41, 5.74) is -0.271. The van der Waals surface area contributed by atoms with Crippen LogP contribution in [0.3, 0.4) is 0 Å². The van der Waals surface area contributed by atoms with Gasteiger partial charge >= 0.3 is 0 Å². The second-order valence-electron chi connectivity index (χ2n) is 2.31. The van der Waals surface area contributed by atoms with E-state index in [0.29, 0.717) is 3.57 Å². The van der Waals surface area contributed by atoms with Crippen LogP contribution in [0.25, 0.3) is 0 Å². The lowest BCUT2D eigenvalue weighted by Gasteiger charge is -1.97. The van der Waals surface area contributed by atoms with Crippen LogP contribution in [0.4, 0.5) is 5.69 Å². The Labute approximate surface area is 97.8 Å². The fourth-order valence-electron chi connectivity index (χ4n) is 0.784. The van der Waals surface area contributed by atoms with Gasteiger partial charge in [0, 0.05) is 16.7 Å². The fourth-order valence-corrected chi connectivity index (χ4v) is 2.09. The average Bonchev–Trinajstić information content (AvgIpc) is 2.02. The van der Waals surface area contributed by atoms with Gasteiger partial charge in [0.2, 0.25) is 0 Å². The molecule has 0 aliphatic rings. The molecule has 0 spiro atoms. The molecule has 0 fully saturated rings. The number of nitro benzene ring substituents is 1. The molecule has 0 amide bonds. The van der Waals surface area contributed by atoms with Crippen molar-refractivity contribution in [3.8, 4) is 0 Å². The summed E-state index contributed by atoms with van der Waals surface area (Å²) in [4.78, 5) is 9.53. The molecule has 0 atom stereocenters. The first-order valence-electron chi connectivity index (χ1n) is 3.21. The van der Waals surface area contributed by atoms with Crippen molar-refractivity contribution in [2.45, 2.75) is 4.90 Å². The molecular formula is C6H3ClINO4S. The van der Waals surface area contributed by atoms with Crippen LogP contribution in [0.5, 0.6) is 0 Å². The highest BCUT2D eigenvalue weighted by Crippen LogP contribution is 2.25. The maximum absolute atomic E-state index is 10.9. The van der Waals surface area contributed by atoms with E-state index in [9.17, 15) is 18.5 Å². The number of halogens is 2. The molecule has 76 valence electrons. The molecule has 0 unspecified atom stereocenters. The molecule has 8 heteroatoms. The van der Waals surface area contributed by atoms with Crippen molar-refractivity contribution in [3.63, 3.8) is 0 Å². The van der Waals surface area contributed by atoms with Crippen molar-refractivity contribution in [1.82, 2.24) is 0 Å². The summed E-state index contributed by atoms with van der Waals surface area (Å²) in [6.07, 6.45) is 0. The van der Waals surface area contributed by atoms with Gasteiger partial charge in [-0.2, -0.15) is 0 Å². The molecule has 0 heterocycles. The maximum Gasteiger partial charge on any atom is 0.283 e. The van der Waals surface area contributed by atoms with Gasteiger partial charge in [0.25, 0.3) is 14.7 Å². The Hall–Kier alpha value is -0.410. The van der Waals surface area contributed by atoms with Gasteiger partial charge in [0.05, 0.1) is 13.4 Å². The quantitative estimate of drug-likeness (QED) is 0.355. The molecule has 5 nitrogen and oxygen atoms in total.